The molecule has 0 aliphatic heterocycles. The van der Waals surface area contributed by atoms with Crippen molar-refractivity contribution in [1.29, 1.82) is 0 Å². The summed E-state index contributed by atoms with van der Waals surface area (Å²) in [5, 5.41) is 6.24. The van der Waals surface area contributed by atoms with Gasteiger partial charge in [-0.15, -0.1) is 0 Å². The van der Waals surface area contributed by atoms with Crippen LogP contribution in [0.5, 0.6) is 0 Å². The number of carbonyl (C=O) groups is 2. The minimum absolute atomic E-state index is 0.0705. The SMILES string of the molecule is CC(=O)OCc1cc(C)c(NC(=O)C(C)NC(C)(C)C)c(C)c1. The summed E-state index contributed by atoms with van der Waals surface area (Å²) in [4.78, 5) is 23.3. The molecule has 0 aromatic heterocycles. The standard InChI is InChI=1S/C18H28N2O3/c1-11-8-15(10-23-14(4)21)9-12(2)16(11)19-17(22)13(3)20-18(5,6)7/h8-9,13,20H,10H2,1-7H3,(H,19,22). The second-order valence-corrected chi connectivity index (χ2v) is 6.99. The average molecular weight is 320 g/mol. The number of esters is 1. The number of amides is 1. The molecule has 0 aliphatic carbocycles. The zero-order chi connectivity index (χ0) is 17.8. The molecule has 23 heavy (non-hydrogen) atoms. The molecule has 1 aromatic rings. The number of nitrogens with one attached hydrogen (secondary N) is 2. The lowest BCUT2D eigenvalue weighted by molar-refractivity contribution is -0.142. The van der Waals surface area contributed by atoms with Crippen LogP contribution >= 0.6 is 0 Å². The Morgan fingerprint density at radius 2 is 1.70 bits per heavy atom. The maximum absolute atomic E-state index is 12.4. The van der Waals surface area contributed by atoms with E-state index in [1.165, 1.54) is 6.92 Å². The first kappa shape index (κ1) is 19.2. The molecule has 1 amide bonds. The second kappa shape index (κ2) is 7.59. The summed E-state index contributed by atoms with van der Waals surface area (Å²) in [6.45, 7) is 13.4. The molecule has 1 aromatic carbocycles. The first-order chi connectivity index (χ1) is 10.5. The number of aryl methyl sites for hydroxylation is 2. The van der Waals surface area contributed by atoms with Crippen LogP contribution < -0.4 is 10.6 Å². The Kier molecular flexibility index (Phi) is 6.33. The van der Waals surface area contributed by atoms with E-state index in [0.29, 0.717) is 0 Å². The quantitative estimate of drug-likeness (QED) is 0.818. The summed E-state index contributed by atoms with van der Waals surface area (Å²) in [6, 6.07) is 3.55. The van der Waals surface area contributed by atoms with Gasteiger partial charge in [-0.05, 0) is 58.2 Å². The third kappa shape index (κ3) is 6.40. The van der Waals surface area contributed by atoms with Gasteiger partial charge in [0.15, 0.2) is 0 Å². The highest BCUT2D eigenvalue weighted by Gasteiger charge is 2.20. The van der Waals surface area contributed by atoms with E-state index in [2.05, 4.69) is 10.6 Å². The third-order valence-electron chi connectivity index (χ3n) is 3.33. The predicted octanol–water partition coefficient (Wildman–Crippen LogP) is 3.08. The summed E-state index contributed by atoms with van der Waals surface area (Å²) >= 11 is 0. The molecular weight excluding hydrogens is 292 g/mol. The Labute approximate surface area is 138 Å². The van der Waals surface area contributed by atoms with Crippen molar-refractivity contribution in [3.8, 4) is 0 Å². The van der Waals surface area contributed by atoms with Crippen molar-refractivity contribution in [3.05, 3.63) is 28.8 Å². The van der Waals surface area contributed by atoms with Crippen LogP contribution in [0.1, 0.15) is 51.3 Å². The molecule has 5 heteroatoms. The van der Waals surface area contributed by atoms with Gasteiger partial charge in [-0.25, -0.2) is 0 Å². The maximum atomic E-state index is 12.4. The molecule has 0 saturated heterocycles. The van der Waals surface area contributed by atoms with Crippen LogP contribution in [0.3, 0.4) is 0 Å². The Bertz CT molecular complexity index is 565. The number of benzene rings is 1. The van der Waals surface area contributed by atoms with Crippen LogP contribution in [0.4, 0.5) is 5.69 Å². The van der Waals surface area contributed by atoms with Gasteiger partial charge in [0.05, 0.1) is 6.04 Å². The fraction of sp³-hybridized carbons (Fsp3) is 0.556. The van der Waals surface area contributed by atoms with E-state index >= 15 is 0 Å². The minimum atomic E-state index is -0.306. The first-order valence-electron chi connectivity index (χ1n) is 7.81. The van der Waals surface area contributed by atoms with Crippen LogP contribution in [-0.4, -0.2) is 23.5 Å². The number of ether oxygens (including phenoxy) is 1. The van der Waals surface area contributed by atoms with E-state index < -0.39 is 0 Å². The summed E-state index contributed by atoms with van der Waals surface area (Å²) in [5.74, 6) is -0.376. The van der Waals surface area contributed by atoms with E-state index in [0.717, 1.165) is 22.4 Å². The van der Waals surface area contributed by atoms with Crippen molar-refractivity contribution in [2.75, 3.05) is 5.32 Å². The molecule has 1 atom stereocenters. The van der Waals surface area contributed by atoms with E-state index in [4.69, 9.17) is 4.74 Å². The summed E-state index contributed by atoms with van der Waals surface area (Å²) in [7, 11) is 0. The van der Waals surface area contributed by atoms with E-state index in [1.807, 2.05) is 53.7 Å². The van der Waals surface area contributed by atoms with Crippen LogP contribution in [0.2, 0.25) is 0 Å². The molecule has 0 radical (unpaired) electrons. The number of hydrogen-bond donors (Lipinski definition) is 2. The van der Waals surface area contributed by atoms with Crippen molar-refractivity contribution in [1.82, 2.24) is 5.32 Å². The zero-order valence-corrected chi connectivity index (χ0v) is 15.2. The second-order valence-electron chi connectivity index (χ2n) is 6.99. The summed E-state index contributed by atoms with van der Waals surface area (Å²) in [5.41, 5.74) is 3.49. The summed E-state index contributed by atoms with van der Waals surface area (Å²) < 4.78 is 5.02. The lowest BCUT2D eigenvalue weighted by Crippen LogP contribution is -2.48. The van der Waals surface area contributed by atoms with Gasteiger partial charge in [-0.2, -0.15) is 0 Å². The molecule has 2 N–H and O–H groups in total. The van der Waals surface area contributed by atoms with Gasteiger partial charge >= 0.3 is 5.97 Å². The average Bonchev–Trinajstić information content (AvgIpc) is 2.38. The predicted molar refractivity (Wildman–Crippen MR) is 92.4 cm³/mol. The Morgan fingerprint density at radius 1 is 1.17 bits per heavy atom. The van der Waals surface area contributed by atoms with Gasteiger partial charge in [-0.3, -0.25) is 9.59 Å². The van der Waals surface area contributed by atoms with E-state index in [1.54, 1.807) is 0 Å². The highest BCUT2D eigenvalue weighted by molar-refractivity contribution is 5.96. The number of rotatable bonds is 5. The molecule has 0 fully saturated rings. The first-order valence-corrected chi connectivity index (χ1v) is 7.81. The van der Waals surface area contributed by atoms with Gasteiger partial charge < -0.3 is 15.4 Å². The fourth-order valence-corrected chi connectivity index (χ4v) is 2.47. The van der Waals surface area contributed by atoms with Crippen molar-refractivity contribution in [2.45, 2.75) is 66.7 Å². The van der Waals surface area contributed by atoms with Gasteiger partial charge in [0.25, 0.3) is 0 Å². The van der Waals surface area contributed by atoms with Crippen molar-refractivity contribution in [2.24, 2.45) is 0 Å². The molecule has 0 aliphatic rings. The smallest absolute Gasteiger partial charge is 0.302 e. The molecule has 0 heterocycles. The van der Waals surface area contributed by atoms with Crippen molar-refractivity contribution >= 4 is 17.6 Å². The van der Waals surface area contributed by atoms with Gasteiger partial charge in [0.1, 0.15) is 6.61 Å². The van der Waals surface area contributed by atoms with Gasteiger partial charge in [-0.1, -0.05) is 12.1 Å². The summed E-state index contributed by atoms with van der Waals surface area (Å²) in [6.07, 6.45) is 0. The molecule has 0 bridgehead atoms. The Morgan fingerprint density at radius 3 is 2.13 bits per heavy atom. The molecule has 0 saturated carbocycles. The minimum Gasteiger partial charge on any atom is -0.461 e. The van der Waals surface area contributed by atoms with Crippen molar-refractivity contribution in [3.63, 3.8) is 0 Å². The van der Waals surface area contributed by atoms with E-state index in [-0.39, 0.29) is 30.1 Å². The van der Waals surface area contributed by atoms with Crippen molar-refractivity contribution < 1.29 is 14.3 Å². The van der Waals surface area contributed by atoms with Crippen LogP contribution in [-0.2, 0) is 20.9 Å². The topological polar surface area (TPSA) is 67.4 Å². The van der Waals surface area contributed by atoms with E-state index in [9.17, 15) is 9.59 Å². The highest BCUT2D eigenvalue weighted by atomic mass is 16.5. The Hall–Kier alpha value is -1.88. The lowest BCUT2D eigenvalue weighted by Gasteiger charge is -2.26. The van der Waals surface area contributed by atoms with Crippen LogP contribution in [0, 0.1) is 13.8 Å². The maximum Gasteiger partial charge on any atom is 0.302 e. The van der Waals surface area contributed by atoms with Gasteiger partial charge in [0, 0.05) is 18.2 Å². The van der Waals surface area contributed by atoms with Crippen LogP contribution in [0.15, 0.2) is 12.1 Å². The van der Waals surface area contributed by atoms with Gasteiger partial charge in [0.2, 0.25) is 5.91 Å². The largest absolute Gasteiger partial charge is 0.461 e. The molecule has 128 valence electrons. The number of carbonyl (C=O) groups excluding carboxylic acids is 2. The fourth-order valence-electron chi connectivity index (χ4n) is 2.47. The molecular formula is C18H28N2O3. The normalized spacial score (nSPS) is 12.7. The number of anilines is 1. The number of hydrogen-bond acceptors (Lipinski definition) is 4. The Balaban J connectivity index is 2.84. The monoisotopic (exact) mass is 320 g/mol. The molecule has 0 spiro atoms. The molecule has 1 rings (SSSR count). The molecule has 5 nitrogen and oxygen atoms in total. The third-order valence-corrected chi connectivity index (χ3v) is 3.33. The zero-order valence-electron chi connectivity index (χ0n) is 15.2. The highest BCUT2D eigenvalue weighted by Crippen LogP contribution is 2.23. The lowest BCUT2D eigenvalue weighted by atomic mass is 10.0. The van der Waals surface area contributed by atoms with Crippen LogP contribution in [0.25, 0.3) is 0 Å². The molecule has 1 unspecified atom stereocenters.